The molecule has 3 heterocycles. The zero-order valence-electron chi connectivity index (χ0n) is 20.2. The van der Waals surface area contributed by atoms with Crippen molar-refractivity contribution in [3.63, 3.8) is 0 Å². The van der Waals surface area contributed by atoms with Crippen molar-refractivity contribution < 1.29 is 14.3 Å². The average Bonchev–Trinajstić information content (AvgIpc) is 3.32. The summed E-state index contributed by atoms with van der Waals surface area (Å²) < 4.78 is 12.6. The zero-order valence-corrected chi connectivity index (χ0v) is 20.2. The number of carbonyl (C=O) groups is 1. The molecule has 0 atom stereocenters. The first-order valence-corrected chi connectivity index (χ1v) is 11.4. The van der Waals surface area contributed by atoms with Crippen LogP contribution in [0.15, 0.2) is 79.3 Å². The minimum atomic E-state index is -0.265. The molecule has 5 rings (SSSR count). The highest BCUT2D eigenvalue weighted by Gasteiger charge is 2.19. The van der Waals surface area contributed by atoms with E-state index in [-0.39, 0.29) is 5.91 Å². The molecule has 0 saturated heterocycles. The van der Waals surface area contributed by atoms with Crippen molar-refractivity contribution in [1.82, 2.24) is 19.7 Å². The third-order valence-corrected chi connectivity index (χ3v) is 5.98. The van der Waals surface area contributed by atoms with Crippen molar-refractivity contribution in [2.24, 2.45) is 0 Å². The summed E-state index contributed by atoms with van der Waals surface area (Å²) in [5, 5.41) is 8.26. The maximum absolute atomic E-state index is 13.6. The Morgan fingerprint density at radius 2 is 1.69 bits per heavy atom. The lowest BCUT2D eigenvalue weighted by Crippen LogP contribution is -2.14. The van der Waals surface area contributed by atoms with E-state index in [0.717, 1.165) is 16.7 Å². The predicted molar refractivity (Wildman–Crippen MR) is 139 cm³/mol. The van der Waals surface area contributed by atoms with Gasteiger partial charge in [0.05, 0.1) is 43.6 Å². The number of nitrogens with zero attached hydrogens (tertiary/aromatic N) is 4. The van der Waals surface area contributed by atoms with E-state index in [0.29, 0.717) is 46.0 Å². The van der Waals surface area contributed by atoms with E-state index in [1.165, 1.54) is 0 Å². The number of carbonyl (C=O) groups excluding carboxylic acids is 1. The standard InChI is InChI=1S/C28H25N5O3/c1-18-13-25(35-2)26(36-3)15-23(18)32-28(34)21-14-24(20-7-5-4-6-8-20)31-27-22(21)16-30-33(27)17-19-9-11-29-12-10-19/h4-16H,17H2,1-3H3,(H,32,34). The van der Waals surface area contributed by atoms with Crippen molar-refractivity contribution in [1.29, 1.82) is 0 Å². The number of hydrogen-bond donors (Lipinski definition) is 1. The maximum atomic E-state index is 13.6. The summed E-state index contributed by atoms with van der Waals surface area (Å²) in [6.07, 6.45) is 5.18. The number of rotatable bonds is 7. The second kappa shape index (κ2) is 9.87. The topological polar surface area (TPSA) is 91.2 Å². The predicted octanol–water partition coefficient (Wildman–Crippen LogP) is 5.12. The number of benzene rings is 2. The number of aromatic nitrogens is 4. The number of anilines is 1. The molecule has 0 aliphatic carbocycles. The zero-order chi connectivity index (χ0) is 25.1. The van der Waals surface area contributed by atoms with Gasteiger partial charge in [0, 0.05) is 29.7 Å². The van der Waals surface area contributed by atoms with E-state index >= 15 is 0 Å². The van der Waals surface area contributed by atoms with E-state index in [4.69, 9.17) is 14.5 Å². The molecule has 0 aliphatic rings. The van der Waals surface area contributed by atoms with Gasteiger partial charge >= 0.3 is 0 Å². The van der Waals surface area contributed by atoms with Gasteiger partial charge in [0.25, 0.3) is 5.91 Å². The summed E-state index contributed by atoms with van der Waals surface area (Å²) in [6, 6.07) is 19.0. The van der Waals surface area contributed by atoms with E-state index in [1.807, 2.05) is 61.5 Å². The van der Waals surface area contributed by atoms with Crippen LogP contribution in [-0.2, 0) is 6.54 Å². The quantitative estimate of drug-likeness (QED) is 0.348. The SMILES string of the molecule is COc1cc(C)c(NC(=O)c2cc(-c3ccccc3)nc3c2cnn3Cc2ccncc2)cc1OC. The monoisotopic (exact) mass is 479 g/mol. The molecule has 0 fully saturated rings. The molecule has 0 bridgehead atoms. The van der Waals surface area contributed by atoms with Gasteiger partial charge in [-0.05, 0) is 42.3 Å². The molecule has 8 heteroatoms. The van der Waals surface area contributed by atoms with Crippen LogP contribution >= 0.6 is 0 Å². The molecule has 5 aromatic rings. The Morgan fingerprint density at radius 1 is 0.972 bits per heavy atom. The van der Waals surface area contributed by atoms with Gasteiger partial charge in [-0.1, -0.05) is 30.3 Å². The maximum Gasteiger partial charge on any atom is 0.256 e. The molecule has 2 aromatic carbocycles. The van der Waals surface area contributed by atoms with Crippen LogP contribution in [0, 0.1) is 6.92 Å². The van der Waals surface area contributed by atoms with Crippen molar-refractivity contribution in [2.75, 3.05) is 19.5 Å². The summed E-state index contributed by atoms with van der Waals surface area (Å²) in [5.74, 6) is 0.870. The molecule has 0 radical (unpaired) electrons. The number of hydrogen-bond acceptors (Lipinski definition) is 6. The molecule has 180 valence electrons. The molecule has 3 aromatic heterocycles. The normalized spacial score (nSPS) is 10.9. The Labute approximate surface area is 208 Å². The fourth-order valence-corrected chi connectivity index (χ4v) is 4.07. The van der Waals surface area contributed by atoms with Gasteiger partial charge in [0.2, 0.25) is 0 Å². The van der Waals surface area contributed by atoms with Gasteiger partial charge in [0.1, 0.15) is 0 Å². The number of fused-ring (bicyclic) bond motifs is 1. The number of aryl methyl sites for hydroxylation is 1. The Morgan fingerprint density at radius 3 is 2.42 bits per heavy atom. The van der Waals surface area contributed by atoms with E-state index in [2.05, 4.69) is 15.4 Å². The highest BCUT2D eigenvalue weighted by atomic mass is 16.5. The molecule has 0 spiro atoms. The average molecular weight is 480 g/mol. The van der Waals surface area contributed by atoms with Crippen LogP contribution in [-0.4, -0.2) is 39.9 Å². The summed E-state index contributed by atoms with van der Waals surface area (Å²) in [6.45, 7) is 2.41. The smallest absolute Gasteiger partial charge is 0.256 e. The Bertz CT molecular complexity index is 1530. The first-order chi connectivity index (χ1) is 17.6. The van der Waals surface area contributed by atoms with E-state index in [9.17, 15) is 4.79 Å². The molecule has 1 amide bonds. The molecular formula is C28H25N5O3. The van der Waals surface area contributed by atoms with Gasteiger partial charge in [-0.15, -0.1) is 0 Å². The van der Waals surface area contributed by atoms with Crippen LogP contribution < -0.4 is 14.8 Å². The molecule has 0 unspecified atom stereocenters. The second-order valence-corrected chi connectivity index (χ2v) is 8.29. The van der Waals surface area contributed by atoms with Gasteiger partial charge in [-0.25, -0.2) is 9.67 Å². The molecule has 0 aliphatic heterocycles. The van der Waals surface area contributed by atoms with Crippen molar-refractivity contribution >= 4 is 22.6 Å². The van der Waals surface area contributed by atoms with Crippen LogP contribution in [0.4, 0.5) is 5.69 Å². The van der Waals surface area contributed by atoms with Crippen molar-refractivity contribution in [3.8, 4) is 22.8 Å². The molecule has 1 N–H and O–H groups in total. The van der Waals surface area contributed by atoms with E-state index in [1.54, 1.807) is 43.6 Å². The lowest BCUT2D eigenvalue weighted by Gasteiger charge is -2.14. The fraction of sp³-hybridized carbons (Fsp3) is 0.143. The number of pyridine rings is 2. The third-order valence-electron chi connectivity index (χ3n) is 5.98. The first-order valence-electron chi connectivity index (χ1n) is 11.4. The van der Waals surface area contributed by atoms with Crippen LogP contribution in [0.1, 0.15) is 21.5 Å². The largest absolute Gasteiger partial charge is 0.493 e. The molecule has 36 heavy (non-hydrogen) atoms. The highest BCUT2D eigenvalue weighted by molar-refractivity contribution is 6.13. The first kappa shape index (κ1) is 23.0. The molecular weight excluding hydrogens is 454 g/mol. The fourth-order valence-electron chi connectivity index (χ4n) is 4.07. The minimum absolute atomic E-state index is 0.265. The number of amides is 1. The van der Waals surface area contributed by atoms with Gasteiger partial charge in [-0.3, -0.25) is 9.78 Å². The summed E-state index contributed by atoms with van der Waals surface area (Å²) >= 11 is 0. The molecule has 8 nitrogen and oxygen atoms in total. The number of ether oxygens (including phenoxy) is 2. The van der Waals surface area contributed by atoms with Crippen molar-refractivity contribution in [3.05, 3.63) is 95.9 Å². The van der Waals surface area contributed by atoms with Gasteiger partial charge in [0.15, 0.2) is 17.1 Å². The summed E-state index contributed by atoms with van der Waals surface area (Å²) in [4.78, 5) is 22.6. The number of nitrogens with one attached hydrogen (secondary N) is 1. The highest BCUT2D eigenvalue weighted by Crippen LogP contribution is 2.34. The van der Waals surface area contributed by atoms with Crippen LogP contribution in [0.3, 0.4) is 0 Å². The third kappa shape index (κ3) is 4.48. The van der Waals surface area contributed by atoms with Crippen LogP contribution in [0.5, 0.6) is 11.5 Å². The lowest BCUT2D eigenvalue weighted by molar-refractivity contribution is 0.102. The van der Waals surface area contributed by atoms with Crippen LogP contribution in [0.2, 0.25) is 0 Å². The Balaban J connectivity index is 1.59. The van der Waals surface area contributed by atoms with Gasteiger partial charge in [-0.2, -0.15) is 5.10 Å². The Hall–Kier alpha value is -4.72. The van der Waals surface area contributed by atoms with Crippen molar-refractivity contribution in [2.45, 2.75) is 13.5 Å². The number of methoxy groups -OCH3 is 2. The summed E-state index contributed by atoms with van der Waals surface area (Å²) in [5.41, 5.74) is 5.22. The Kier molecular flexibility index (Phi) is 6.32. The summed E-state index contributed by atoms with van der Waals surface area (Å²) in [7, 11) is 3.15. The van der Waals surface area contributed by atoms with Crippen LogP contribution in [0.25, 0.3) is 22.3 Å². The molecule has 0 saturated carbocycles. The van der Waals surface area contributed by atoms with E-state index < -0.39 is 0 Å². The minimum Gasteiger partial charge on any atom is -0.493 e. The lowest BCUT2D eigenvalue weighted by atomic mass is 10.1. The van der Waals surface area contributed by atoms with Gasteiger partial charge < -0.3 is 14.8 Å². The second-order valence-electron chi connectivity index (χ2n) is 8.29.